The molecule has 0 saturated heterocycles. The van der Waals surface area contributed by atoms with Crippen molar-refractivity contribution in [1.29, 1.82) is 0 Å². The lowest BCUT2D eigenvalue weighted by atomic mass is 10.1. The van der Waals surface area contributed by atoms with Gasteiger partial charge in [0.1, 0.15) is 0 Å². The van der Waals surface area contributed by atoms with Crippen LogP contribution in [0.4, 0.5) is 5.69 Å². The van der Waals surface area contributed by atoms with Crippen molar-refractivity contribution in [2.45, 2.75) is 58.8 Å². The predicted octanol–water partition coefficient (Wildman–Crippen LogP) is 5.31. The number of aliphatic imine (C=N–C) groups is 1. The standard InChI is InChI=1S/C16H25N/c1-3-5-7-8-9-15-10-12-16(13-11-15)17-14-6-4-2/h10-14H,3-9H2,1-2H3. The number of hydrogen-bond acceptors (Lipinski definition) is 1. The van der Waals surface area contributed by atoms with Gasteiger partial charge in [-0.2, -0.15) is 0 Å². The highest BCUT2D eigenvalue weighted by Crippen LogP contribution is 2.15. The van der Waals surface area contributed by atoms with Crippen LogP contribution < -0.4 is 0 Å². The first-order valence-electron chi connectivity index (χ1n) is 6.98. The molecule has 1 heteroatoms. The summed E-state index contributed by atoms with van der Waals surface area (Å²) in [6.45, 7) is 4.43. The predicted molar refractivity (Wildman–Crippen MR) is 77.3 cm³/mol. The molecule has 0 amide bonds. The van der Waals surface area contributed by atoms with Gasteiger partial charge in [-0.05, 0) is 37.0 Å². The number of unbranched alkanes of at least 4 members (excludes halogenated alkanes) is 4. The molecule has 0 unspecified atom stereocenters. The van der Waals surface area contributed by atoms with Crippen LogP contribution in [0.25, 0.3) is 0 Å². The maximum absolute atomic E-state index is 4.42. The van der Waals surface area contributed by atoms with E-state index in [0.29, 0.717) is 0 Å². The van der Waals surface area contributed by atoms with Gasteiger partial charge in [0, 0.05) is 6.21 Å². The zero-order valence-electron chi connectivity index (χ0n) is 11.3. The summed E-state index contributed by atoms with van der Waals surface area (Å²) in [5, 5.41) is 0. The molecule has 0 aliphatic rings. The summed E-state index contributed by atoms with van der Waals surface area (Å²) in [6, 6.07) is 8.68. The fraction of sp³-hybridized carbons (Fsp3) is 0.562. The molecule has 0 spiro atoms. The Kier molecular flexibility index (Phi) is 7.37. The molecule has 1 rings (SSSR count). The molecule has 17 heavy (non-hydrogen) atoms. The fourth-order valence-corrected chi connectivity index (χ4v) is 1.80. The van der Waals surface area contributed by atoms with Gasteiger partial charge in [-0.25, -0.2) is 0 Å². The first-order chi connectivity index (χ1) is 8.36. The van der Waals surface area contributed by atoms with Gasteiger partial charge >= 0.3 is 0 Å². The van der Waals surface area contributed by atoms with Gasteiger partial charge in [-0.3, -0.25) is 4.99 Å². The minimum Gasteiger partial charge on any atom is -0.261 e. The second-order valence-electron chi connectivity index (χ2n) is 4.58. The van der Waals surface area contributed by atoms with E-state index in [1.807, 2.05) is 6.21 Å². The van der Waals surface area contributed by atoms with Crippen LogP contribution in [-0.4, -0.2) is 6.21 Å². The third-order valence-corrected chi connectivity index (χ3v) is 2.91. The van der Waals surface area contributed by atoms with E-state index in [4.69, 9.17) is 0 Å². The van der Waals surface area contributed by atoms with Crippen molar-refractivity contribution in [2.75, 3.05) is 0 Å². The van der Waals surface area contributed by atoms with Crippen LogP contribution in [0.2, 0.25) is 0 Å². The van der Waals surface area contributed by atoms with Gasteiger partial charge in [0.2, 0.25) is 0 Å². The molecule has 0 heterocycles. The molecule has 1 nitrogen and oxygen atoms in total. The average molecular weight is 231 g/mol. The van der Waals surface area contributed by atoms with Crippen LogP contribution in [0.3, 0.4) is 0 Å². The van der Waals surface area contributed by atoms with Crippen molar-refractivity contribution in [1.82, 2.24) is 0 Å². The summed E-state index contributed by atoms with van der Waals surface area (Å²) in [5.41, 5.74) is 2.52. The topological polar surface area (TPSA) is 12.4 Å². The lowest BCUT2D eigenvalue weighted by Crippen LogP contribution is -1.85. The summed E-state index contributed by atoms with van der Waals surface area (Å²) in [6.07, 6.45) is 10.8. The van der Waals surface area contributed by atoms with Gasteiger partial charge < -0.3 is 0 Å². The Bertz CT molecular complexity index is 311. The lowest BCUT2D eigenvalue weighted by Gasteiger charge is -2.01. The molecule has 1 aromatic carbocycles. The van der Waals surface area contributed by atoms with E-state index in [-0.39, 0.29) is 0 Å². The zero-order valence-corrected chi connectivity index (χ0v) is 11.3. The van der Waals surface area contributed by atoms with Gasteiger partial charge in [-0.1, -0.05) is 51.7 Å². The SMILES string of the molecule is CCCC=Nc1ccc(CCCCCC)cc1. The summed E-state index contributed by atoms with van der Waals surface area (Å²) in [5.74, 6) is 0. The Morgan fingerprint density at radius 3 is 2.35 bits per heavy atom. The first-order valence-corrected chi connectivity index (χ1v) is 6.98. The quantitative estimate of drug-likeness (QED) is 0.424. The number of benzene rings is 1. The van der Waals surface area contributed by atoms with Gasteiger partial charge in [0.25, 0.3) is 0 Å². The average Bonchev–Trinajstić information content (AvgIpc) is 2.37. The first kappa shape index (κ1) is 14.0. The van der Waals surface area contributed by atoms with E-state index < -0.39 is 0 Å². The molecule has 0 atom stereocenters. The number of rotatable bonds is 8. The number of nitrogens with zero attached hydrogens (tertiary/aromatic N) is 1. The van der Waals surface area contributed by atoms with E-state index in [0.717, 1.165) is 12.1 Å². The van der Waals surface area contributed by atoms with Gasteiger partial charge in [0.15, 0.2) is 0 Å². The summed E-state index contributed by atoms with van der Waals surface area (Å²) < 4.78 is 0. The van der Waals surface area contributed by atoms with E-state index in [9.17, 15) is 0 Å². The van der Waals surface area contributed by atoms with Crippen LogP contribution >= 0.6 is 0 Å². The maximum Gasteiger partial charge on any atom is 0.0625 e. The van der Waals surface area contributed by atoms with Crippen LogP contribution in [0.15, 0.2) is 29.3 Å². The monoisotopic (exact) mass is 231 g/mol. The normalized spacial score (nSPS) is 11.2. The lowest BCUT2D eigenvalue weighted by molar-refractivity contribution is 0.667. The Morgan fingerprint density at radius 1 is 0.941 bits per heavy atom. The largest absolute Gasteiger partial charge is 0.261 e. The summed E-state index contributed by atoms with van der Waals surface area (Å²) in [4.78, 5) is 4.42. The van der Waals surface area contributed by atoms with Crippen molar-refractivity contribution >= 4 is 11.9 Å². The van der Waals surface area contributed by atoms with E-state index >= 15 is 0 Å². The van der Waals surface area contributed by atoms with Gasteiger partial charge in [0.05, 0.1) is 5.69 Å². The molecular weight excluding hydrogens is 206 g/mol. The van der Waals surface area contributed by atoms with Crippen molar-refractivity contribution in [3.05, 3.63) is 29.8 Å². The summed E-state index contributed by atoms with van der Waals surface area (Å²) in [7, 11) is 0. The smallest absolute Gasteiger partial charge is 0.0625 e. The molecule has 0 fully saturated rings. The van der Waals surface area contributed by atoms with Crippen LogP contribution in [0.1, 0.15) is 57.9 Å². The Hall–Kier alpha value is -1.11. The maximum atomic E-state index is 4.42. The van der Waals surface area contributed by atoms with Crippen LogP contribution in [0, 0.1) is 0 Å². The van der Waals surface area contributed by atoms with Crippen molar-refractivity contribution in [3.63, 3.8) is 0 Å². The van der Waals surface area contributed by atoms with E-state index in [2.05, 4.69) is 43.1 Å². The van der Waals surface area contributed by atoms with E-state index in [1.54, 1.807) is 0 Å². The molecule has 0 aliphatic heterocycles. The van der Waals surface area contributed by atoms with Crippen molar-refractivity contribution in [2.24, 2.45) is 4.99 Å². The summed E-state index contributed by atoms with van der Waals surface area (Å²) >= 11 is 0. The highest BCUT2D eigenvalue weighted by atomic mass is 14.7. The number of aryl methyl sites for hydroxylation is 1. The van der Waals surface area contributed by atoms with Crippen molar-refractivity contribution < 1.29 is 0 Å². The number of hydrogen-bond donors (Lipinski definition) is 0. The Morgan fingerprint density at radius 2 is 1.71 bits per heavy atom. The molecule has 0 bridgehead atoms. The molecule has 0 N–H and O–H groups in total. The second-order valence-corrected chi connectivity index (χ2v) is 4.58. The minimum atomic E-state index is 1.07. The third kappa shape index (κ3) is 6.25. The Balaban J connectivity index is 2.34. The molecule has 0 saturated carbocycles. The highest BCUT2D eigenvalue weighted by Gasteiger charge is 1.94. The molecule has 1 aromatic rings. The van der Waals surface area contributed by atoms with E-state index in [1.165, 1.54) is 44.1 Å². The molecule has 94 valence electrons. The highest BCUT2D eigenvalue weighted by molar-refractivity contribution is 5.63. The molecule has 0 aliphatic carbocycles. The van der Waals surface area contributed by atoms with Crippen LogP contribution in [-0.2, 0) is 6.42 Å². The molecular formula is C16H25N. The fourth-order valence-electron chi connectivity index (χ4n) is 1.80. The third-order valence-electron chi connectivity index (χ3n) is 2.91. The Labute approximate surface area is 106 Å². The second kappa shape index (κ2) is 8.98. The van der Waals surface area contributed by atoms with Gasteiger partial charge in [-0.15, -0.1) is 0 Å². The minimum absolute atomic E-state index is 1.07. The zero-order chi connectivity index (χ0) is 12.3. The van der Waals surface area contributed by atoms with Crippen LogP contribution in [0.5, 0.6) is 0 Å². The molecule has 0 aromatic heterocycles. The van der Waals surface area contributed by atoms with Crippen molar-refractivity contribution in [3.8, 4) is 0 Å². The molecule has 0 radical (unpaired) electrons.